The third-order valence-corrected chi connectivity index (χ3v) is 3.44. The maximum atomic E-state index is 14.0. The molecule has 0 spiro atoms. The zero-order valence-electron chi connectivity index (χ0n) is 14.9. The van der Waals surface area contributed by atoms with Crippen molar-refractivity contribution in [2.24, 2.45) is 5.84 Å². The number of pyridine rings is 1. The summed E-state index contributed by atoms with van der Waals surface area (Å²) in [5.41, 5.74) is 0.309. The van der Waals surface area contributed by atoms with E-state index in [1.807, 2.05) is 0 Å². The van der Waals surface area contributed by atoms with Gasteiger partial charge in [0.2, 0.25) is 0 Å². The van der Waals surface area contributed by atoms with E-state index in [4.69, 9.17) is 10.6 Å². The second-order valence-electron chi connectivity index (χ2n) is 5.47. The van der Waals surface area contributed by atoms with Crippen LogP contribution in [0.1, 0.15) is 13.8 Å². The molecule has 0 unspecified atom stereocenters. The van der Waals surface area contributed by atoms with Crippen molar-refractivity contribution < 1.29 is 31.8 Å². The van der Waals surface area contributed by atoms with Gasteiger partial charge in [0.25, 0.3) is 11.8 Å². The molecule has 0 saturated heterocycles. The average Bonchev–Trinajstić information content (AvgIpc) is 2.66. The molecule has 2 heterocycles. The molecule has 12 heteroatoms. The monoisotopic (exact) mass is 403 g/mol. The normalized spacial score (nSPS) is 12.5. The summed E-state index contributed by atoms with van der Waals surface area (Å²) in [5, 5.41) is 0.751. The minimum Gasteiger partial charge on any atom is -0.463 e. The first-order valence-electron chi connectivity index (χ1n) is 8.00. The van der Waals surface area contributed by atoms with Crippen LogP contribution < -0.4 is 15.6 Å². The SMILES string of the molecule is CCOCC(=O)N(N)c1cnc(-c2cnc(O[C@@H](C)C(F)(F)F)c(F)c2)cn1. The van der Waals surface area contributed by atoms with Crippen molar-refractivity contribution in [2.75, 3.05) is 18.2 Å². The number of alkyl halides is 3. The third kappa shape index (κ3) is 5.33. The molecule has 2 rings (SSSR count). The van der Waals surface area contributed by atoms with Crippen LogP contribution in [0.3, 0.4) is 0 Å². The minimum absolute atomic E-state index is 0.0286. The number of hydrazine groups is 1. The molecule has 2 N–H and O–H groups in total. The quantitative estimate of drug-likeness (QED) is 0.327. The molecule has 28 heavy (non-hydrogen) atoms. The number of carbonyl (C=O) groups excluding carboxylic acids is 1. The summed E-state index contributed by atoms with van der Waals surface area (Å²) in [5.74, 6) is 3.22. The van der Waals surface area contributed by atoms with Crippen LogP contribution in [0.25, 0.3) is 11.3 Å². The molecule has 0 aliphatic heterocycles. The van der Waals surface area contributed by atoms with E-state index in [0.29, 0.717) is 6.61 Å². The number of amides is 1. The van der Waals surface area contributed by atoms with E-state index in [9.17, 15) is 22.4 Å². The van der Waals surface area contributed by atoms with Crippen LogP contribution in [0, 0.1) is 5.82 Å². The smallest absolute Gasteiger partial charge is 0.425 e. The van der Waals surface area contributed by atoms with Crippen LogP contribution >= 0.6 is 0 Å². The van der Waals surface area contributed by atoms with Gasteiger partial charge < -0.3 is 9.47 Å². The standard InChI is InChI=1S/C16H17F4N5O3/c1-3-27-8-14(26)25(21)13-7-22-12(6-23-13)10-4-11(17)15(24-5-10)28-9(2)16(18,19)20/h4-7,9H,3,8,21H2,1-2H3/t9-/m0/s1. The lowest BCUT2D eigenvalue weighted by Crippen LogP contribution is -2.40. The summed E-state index contributed by atoms with van der Waals surface area (Å²) in [4.78, 5) is 23.3. The Morgan fingerprint density at radius 3 is 2.50 bits per heavy atom. The maximum absolute atomic E-state index is 14.0. The Bertz CT molecular complexity index is 817. The Morgan fingerprint density at radius 2 is 1.96 bits per heavy atom. The van der Waals surface area contributed by atoms with E-state index < -0.39 is 29.9 Å². The number of ether oxygens (including phenoxy) is 2. The fourth-order valence-corrected chi connectivity index (χ4v) is 1.87. The number of nitrogens with zero attached hydrogens (tertiary/aromatic N) is 4. The Hall–Kier alpha value is -2.86. The number of hydrogen-bond donors (Lipinski definition) is 1. The van der Waals surface area contributed by atoms with Crippen LogP contribution in [-0.4, -0.2) is 46.4 Å². The molecule has 1 atom stereocenters. The highest BCUT2D eigenvalue weighted by Gasteiger charge is 2.38. The number of aromatic nitrogens is 3. The van der Waals surface area contributed by atoms with E-state index >= 15 is 0 Å². The summed E-state index contributed by atoms with van der Waals surface area (Å²) in [6, 6.07) is 0.912. The first-order chi connectivity index (χ1) is 13.1. The van der Waals surface area contributed by atoms with Gasteiger partial charge in [0.05, 0.1) is 18.1 Å². The van der Waals surface area contributed by atoms with E-state index in [1.54, 1.807) is 6.92 Å². The Labute approximate surface area is 157 Å². The summed E-state index contributed by atoms with van der Waals surface area (Å²) in [6.07, 6.45) is -3.40. The first-order valence-corrected chi connectivity index (χ1v) is 8.00. The molecule has 0 fully saturated rings. The largest absolute Gasteiger partial charge is 0.463 e. The molecular weight excluding hydrogens is 386 g/mol. The van der Waals surface area contributed by atoms with Crippen molar-refractivity contribution in [3.63, 3.8) is 0 Å². The van der Waals surface area contributed by atoms with Gasteiger partial charge in [-0.2, -0.15) is 13.2 Å². The van der Waals surface area contributed by atoms with Gasteiger partial charge >= 0.3 is 6.18 Å². The fraction of sp³-hybridized carbons (Fsp3) is 0.375. The van der Waals surface area contributed by atoms with E-state index in [0.717, 1.165) is 24.2 Å². The molecule has 2 aromatic heterocycles. The van der Waals surface area contributed by atoms with Crippen LogP contribution in [0.2, 0.25) is 0 Å². The van der Waals surface area contributed by atoms with Crippen LogP contribution in [0.15, 0.2) is 24.7 Å². The highest BCUT2D eigenvalue weighted by molar-refractivity contribution is 5.92. The lowest BCUT2D eigenvalue weighted by molar-refractivity contribution is -0.190. The van der Waals surface area contributed by atoms with Gasteiger partial charge in [-0.05, 0) is 19.9 Å². The minimum atomic E-state index is -4.65. The maximum Gasteiger partial charge on any atom is 0.425 e. The Balaban J connectivity index is 2.13. The molecule has 0 aliphatic carbocycles. The van der Waals surface area contributed by atoms with Gasteiger partial charge in [-0.1, -0.05) is 0 Å². The van der Waals surface area contributed by atoms with Crippen molar-refractivity contribution >= 4 is 11.7 Å². The summed E-state index contributed by atoms with van der Waals surface area (Å²) in [6.45, 7) is 2.56. The lowest BCUT2D eigenvalue weighted by atomic mass is 10.2. The van der Waals surface area contributed by atoms with Crippen molar-refractivity contribution in [1.82, 2.24) is 15.0 Å². The number of anilines is 1. The molecule has 0 aromatic carbocycles. The second-order valence-corrected chi connectivity index (χ2v) is 5.47. The van der Waals surface area contributed by atoms with Gasteiger partial charge in [0.1, 0.15) is 6.61 Å². The topological polar surface area (TPSA) is 103 Å². The van der Waals surface area contributed by atoms with Gasteiger partial charge in [-0.3, -0.25) is 9.78 Å². The van der Waals surface area contributed by atoms with Crippen molar-refractivity contribution in [1.29, 1.82) is 0 Å². The molecule has 0 saturated carbocycles. The van der Waals surface area contributed by atoms with Gasteiger partial charge in [-0.15, -0.1) is 0 Å². The van der Waals surface area contributed by atoms with Gasteiger partial charge in [0, 0.05) is 18.4 Å². The molecule has 2 aromatic rings. The van der Waals surface area contributed by atoms with Crippen molar-refractivity contribution in [2.45, 2.75) is 26.1 Å². The summed E-state index contributed by atoms with van der Waals surface area (Å²) in [7, 11) is 0. The predicted molar refractivity (Wildman–Crippen MR) is 89.5 cm³/mol. The number of hydrogen-bond acceptors (Lipinski definition) is 7. The molecule has 1 amide bonds. The number of nitrogens with two attached hydrogens (primary N) is 1. The second kappa shape index (κ2) is 8.89. The third-order valence-electron chi connectivity index (χ3n) is 3.44. The fourth-order valence-electron chi connectivity index (χ4n) is 1.87. The van der Waals surface area contributed by atoms with Crippen LogP contribution in [0.5, 0.6) is 5.88 Å². The van der Waals surface area contributed by atoms with Crippen LogP contribution in [-0.2, 0) is 9.53 Å². The molecule has 0 bridgehead atoms. The number of halogens is 4. The van der Waals surface area contributed by atoms with Crippen molar-refractivity contribution in [3.05, 3.63) is 30.5 Å². The predicted octanol–water partition coefficient (Wildman–Crippen LogP) is 2.25. The summed E-state index contributed by atoms with van der Waals surface area (Å²) >= 11 is 0. The highest BCUT2D eigenvalue weighted by Crippen LogP contribution is 2.27. The van der Waals surface area contributed by atoms with E-state index in [-0.39, 0.29) is 23.7 Å². The number of rotatable bonds is 7. The first kappa shape index (κ1) is 21.4. The van der Waals surface area contributed by atoms with E-state index in [1.165, 1.54) is 12.4 Å². The summed E-state index contributed by atoms with van der Waals surface area (Å²) < 4.78 is 61.0. The zero-order chi connectivity index (χ0) is 20.9. The van der Waals surface area contributed by atoms with E-state index in [2.05, 4.69) is 19.7 Å². The Kier molecular flexibility index (Phi) is 6.80. The molecule has 0 radical (unpaired) electrons. The average molecular weight is 403 g/mol. The molecular formula is C16H17F4N5O3. The highest BCUT2D eigenvalue weighted by atomic mass is 19.4. The van der Waals surface area contributed by atoms with Crippen molar-refractivity contribution in [3.8, 4) is 17.1 Å². The zero-order valence-corrected chi connectivity index (χ0v) is 14.9. The van der Waals surface area contributed by atoms with Crippen LogP contribution in [0.4, 0.5) is 23.4 Å². The van der Waals surface area contributed by atoms with Gasteiger partial charge in [-0.25, -0.2) is 25.2 Å². The lowest BCUT2D eigenvalue weighted by Gasteiger charge is -2.17. The van der Waals surface area contributed by atoms with Gasteiger partial charge in [0.15, 0.2) is 17.7 Å². The molecule has 0 aliphatic rings. The molecule has 8 nitrogen and oxygen atoms in total. The molecule has 152 valence electrons. The Morgan fingerprint density at radius 1 is 1.25 bits per heavy atom. The number of carbonyl (C=O) groups is 1.